The summed E-state index contributed by atoms with van der Waals surface area (Å²) in [6, 6.07) is 9.37. The van der Waals surface area contributed by atoms with Crippen LogP contribution in [-0.2, 0) is 14.3 Å². The molecule has 0 aliphatic rings. The van der Waals surface area contributed by atoms with Crippen LogP contribution in [0.1, 0.15) is 6.92 Å². The fraction of sp³-hybridized carbons (Fsp3) is 0.176. The standard InChI is InChI=1S/C17H13Cl4NO4/c1-9(26-14-6-5-10(18)7-12(14)20)17(24)25-8-15(23)22-13-4-2-3-11(19)16(13)21/h2-7,9H,8H2,1H3,(H,22,23)/t9-/m0/s1. The molecule has 1 amide bonds. The molecule has 0 fully saturated rings. The molecular formula is C17H13Cl4NO4. The van der Waals surface area contributed by atoms with Gasteiger partial charge >= 0.3 is 5.97 Å². The Balaban J connectivity index is 1.87. The van der Waals surface area contributed by atoms with Crippen LogP contribution in [0.5, 0.6) is 5.75 Å². The van der Waals surface area contributed by atoms with Crippen LogP contribution < -0.4 is 10.1 Å². The lowest BCUT2D eigenvalue weighted by Gasteiger charge is -2.15. The van der Waals surface area contributed by atoms with Crippen molar-refractivity contribution in [2.45, 2.75) is 13.0 Å². The van der Waals surface area contributed by atoms with Crippen molar-refractivity contribution in [3.8, 4) is 5.75 Å². The molecule has 0 aliphatic carbocycles. The molecule has 1 N–H and O–H groups in total. The first-order chi connectivity index (χ1) is 12.3. The van der Waals surface area contributed by atoms with E-state index < -0.39 is 24.6 Å². The number of anilines is 1. The van der Waals surface area contributed by atoms with Gasteiger partial charge in [0.1, 0.15) is 5.75 Å². The van der Waals surface area contributed by atoms with E-state index in [1.165, 1.54) is 19.1 Å². The molecule has 0 spiro atoms. The van der Waals surface area contributed by atoms with Crippen LogP contribution in [0.15, 0.2) is 36.4 Å². The summed E-state index contributed by atoms with van der Waals surface area (Å²) < 4.78 is 10.3. The highest BCUT2D eigenvalue weighted by Gasteiger charge is 2.19. The number of carbonyl (C=O) groups excluding carboxylic acids is 2. The number of benzene rings is 2. The smallest absolute Gasteiger partial charge is 0.347 e. The summed E-state index contributed by atoms with van der Waals surface area (Å²) in [7, 11) is 0. The van der Waals surface area contributed by atoms with E-state index in [-0.39, 0.29) is 15.8 Å². The third-order valence-electron chi connectivity index (χ3n) is 3.10. The number of halogens is 4. The van der Waals surface area contributed by atoms with Crippen molar-refractivity contribution in [2.24, 2.45) is 0 Å². The van der Waals surface area contributed by atoms with Crippen molar-refractivity contribution in [3.63, 3.8) is 0 Å². The lowest BCUT2D eigenvalue weighted by molar-refractivity contribution is -0.153. The van der Waals surface area contributed by atoms with E-state index >= 15 is 0 Å². The van der Waals surface area contributed by atoms with E-state index in [4.69, 9.17) is 55.9 Å². The average Bonchev–Trinajstić information content (AvgIpc) is 2.59. The van der Waals surface area contributed by atoms with Gasteiger partial charge in [0.15, 0.2) is 12.7 Å². The van der Waals surface area contributed by atoms with Crippen LogP contribution in [0, 0.1) is 0 Å². The minimum Gasteiger partial charge on any atom is -0.477 e. The normalized spacial score (nSPS) is 11.6. The van der Waals surface area contributed by atoms with Crippen LogP contribution >= 0.6 is 46.4 Å². The van der Waals surface area contributed by atoms with E-state index in [0.717, 1.165) is 0 Å². The van der Waals surface area contributed by atoms with Gasteiger partial charge in [-0.05, 0) is 37.3 Å². The zero-order valence-electron chi connectivity index (χ0n) is 13.4. The minimum absolute atomic E-state index is 0.197. The van der Waals surface area contributed by atoms with Crippen LogP contribution in [0.3, 0.4) is 0 Å². The van der Waals surface area contributed by atoms with Crippen LogP contribution in [-0.4, -0.2) is 24.6 Å². The molecule has 2 rings (SSSR count). The molecular weight excluding hydrogens is 424 g/mol. The van der Waals surface area contributed by atoms with E-state index in [1.54, 1.807) is 24.3 Å². The Kier molecular flexibility index (Phi) is 7.41. The van der Waals surface area contributed by atoms with Crippen LogP contribution in [0.25, 0.3) is 0 Å². The highest BCUT2D eigenvalue weighted by molar-refractivity contribution is 6.44. The SMILES string of the molecule is C[C@H](Oc1ccc(Cl)cc1Cl)C(=O)OCC(=O)Nc1cccc(Cl)c1Cl. The lowest BCUT2D eigenvalue weighted by atomic mass is 10.3. The summed E-state index contributed by atoms with van der Waals surface area (Å²) >= 11 is 23.6. The van der Waals surface area contributed by atoms with Gasteiger partial charge in [0, 0.05) is 5.02 Å². The largest absolute Gasteiger partial charge is 0.477 e. The lowest BCUT2D eigenvalue weighted by Crippen LogP contribution is -2.29. The van der Waals surface area contributed by atoms with E-state index in [1.807, 2.05) is 0 Å². The maximum atomic E-state index is 12.0. The van der Waals surface area contributed by atoms with Crippen LogP contribution in [0.2, 0.25) is 20.1 Å². The number of rotatable bonds is 6. The van der Waals surface area contributed by atoms with Gasteiger partial charge in [0.25, 0.3) is 5.91 Å². The second kappa shape index (κ2) is 9.33. The summed E-state index contributed by atoms with van der Waals surface area (Å²) in [5, 5.41) is 3.69. The molecule has 9 heteroatoms. The second-order valence-electron chi connectivity index (χ2n) is 5.09. The van der Waals surface area contributed by atoms with Crippen molar-refractivity contribution < 1.29 is 19.1 Å². The maximum Gasteiger partial charge on any atom is 0.347 e. The summed E-state index contributed by atoms with van der Waals surface area (Å²) in [6.45, 7) is 0.961. The Hall–Kier alpha value is -1.66. The van der Waals surface area contributed by atoms with Crippen molar-refractivity contribution in [1.29, 1.82) is 0 Å². The topological polar surface area (TPSA) is 64.6 Å². The Labute approximate surface area is 170 Å². The molecule has 0 heterocycles. The Morgan fingerprint density at radius 2 is 1.81 bits per heavy atom. The summed E-state index contributed by atoms with van der Waals surface area (Å²) in [5.74, 6) is -1.03. The first-order valence-corrected chi connectivity index (χ1v) is 8.81. The molecule has 2 aromatic rings. The van der Waals surface area contributed by atoms with Crippen molar-refractivity contribution in [1.82, 2.24) is 0 Å². The predicted molar refractivity (Wildman–Crippen MR) is 103 cm³/mol. The molecule has 0 bridgehead atoms. The van der Waals surface area contributed by atoms with Gasteiger partial charge in [-0.15, -0.1) is 0 Å². The fourth-order valence-electron chi connectivity index (χ4n) is 1.85. The molecule has 26 heavy (non-hydrogen) atoms. The molecule has 0 saturated carbocycles. The maximum absolute atomic E-state index is 12.0. The Morgan fingerprint density at radius 1 is 1.08 bits per heavy atom. The molecule has 0 unspecified atom stereocenters. The van der Waals surface area contributed by atoms with E-state index in [0.29, 0.717) is 15.7 Å². The molecule has 0 radical (unpaired) electrons. The van der Waals surface area contributed by atoms with E-state index in [9.17, 15) is 9.59 Å². The zero-order valence-corrected chi connectivity index (χ0v) is 16.4. The molecule has 0 saturated heterocycles. The second-order valence-corrected chi connectivity index (χ2v) is 6.72. The monoisotopic (exact) mass is 435 g/mol. The summed E-state index contributed by atoms with van der Waals surface area (Å²) in [5.41, 5.74) is 0.317. The van der Waals surface area contributed by atoms with Gasteiger partial charge < -0.3 is 14.8 Å². The first-order valence-electron chi connectivity index (χ1n) is 7.30. The highest BCUT2D eigenvalue weighted by Crippen LogP contribution is 2.30. The molecule has 1 atom stereocenters. The zero-order chi connectivity index (χ0) is 19.3. The third-order valence-corrected chi connectivity index (χ3v) is 4.45. The van der Waals surface area contributed by atoms with Crippen molar-refractivity contribution in [2.75, 3.05) is 11.9 Å². The van der Waals surface area contributed by atoms with Gasteiger partial charge in [-0.3, -0.25) is 4.79 Å². The summed E-state index contributed by atoms with van der Waals surface area (Å²) in [4.78, 5) is 23.8. The minimum atomic E-state index is -0.976. The highest BCUT2D eigenvalue weighted by atomic mass is 35.5. The fourth-order valence-corrected chi connectivity index (χ4v) is 2.65. The number of ether oxygens (including phenoxy) is 2. The molecule has 2 aromatic carbocycles. The third kappa shape index (κ3) is 5.68. The Morgan fingerprint density at radius 3 is 2.50 bits per heavy atom. The number of esters is 1. The summed E-state index contributed by atoms with van der Waals surface area (Å²) in [6.07, 6.45) is -0.976. The van der Waals surface area contributed by atoms with Gasteiger partial charge in [0.2, 0.25) is 0 Å². The number of carbonyl (C=O) groups is 2. The molecule has 5 nitrogen and oxygen atoms in total. The predicted octanol–water partition coefficient (Wildman–Crippen LogP) is 5.25. The molecule has 0 aromatic heterocycles. The number of amides is 1. The quantitative estimate of drug-likeness (QED) is 0.628. The van der Waals surface area contributed by atoms with E-state index in [2.05, 4.69) is 5.32 Å². The Bertz CT molecular complexity index is 828. The number of nitrogens with one attached hydrogen (secondary N) is 1. The average molecular weight is 437 g/mol. The van der Waals surface area contributed by atoms with Crippen LogP contribution in [0.4, 0.5) is 5.69 Å². The number of hydrogen-bond donors (Lipinski definition) is 1. The van der Waals surface area contributed by atoms with Gasteiger partial charge in [-0.25, -0.2) is 4.79 Å². The molecule has 138 valence electrons. The van der Waals surface area contributed by atoms with Gasteiger partial charge in [-0.1, -0.05) is 52.5 Å². The number of hydrogen-bond acceptors (Lipinski definition) is 4. The first kappa shape index (κ1) is 20.6. The molecule has 0 aliphatic heterocycles. The van der Waals surface area contributed by atoms with Gasteiger partial charge in [0.05, 0.1) is 20.8 Å². The van der Waals surface area contributed by atoms with Crippen molar-refractivity contribution in [3.05, 3.63) is 56.5 Å². The van der Waals surface area contributed by atoms with Crippen molar-refractivity contribution >= 4 is 64.0 Å². The van der Waals surface area contributed by atoms with Gasteiger partial charge in [-0.2, -0.15) is 0 Å².